The molecule has 0 saturated carbocycles. The van der Waals surface area contributed by atoms with Crippen molar-refractivity contribution in [2.45, 2.75) is 12.8 Å². The Labute approximate surface area is 100 Å². The predicted molar refractivity (Wildman–Crippen MR) is 67.3 cm³/mol. The summed E-state index contributed by atoms with van der Waals surface area (Å²) in [4.78, 5) is 15.3. The number of primary amides is 1. The Balaban J connectivity index is 2.28. The molecule has 0 fully saturated rings. The predicted octanol–water partition coefficient (Wildman–Crippen LogP) is 2.34. The summed E-state index contributed by atoms with van der Waals surface area (Å²) in [5.41, 5.74) is 8.15. The van der Waals surface area contributed by atoms with E-state index in [-0.39, 0.29) is 11.8 Å². The molecule has 2 aromatic rings. The molecule has 0 radical (unpaired) electrons. The van der Waals surface area contributed by atoms with Crippen molar-refractivity contribution < 1.29 is 4.79 Å². The van der Waals surface area contributed by atoms with Gasteiger partial charge in [-0.1, -0.05) is 30.3 Å². The number of nitrogens with two attached hydrogens (primary N) is 1. The van der Waals surface area contributed by atoms with Crippen molar-refractivity contribution in [2.75, 3.05) is 0 Å². The molecule has 0 aliphatic heterocycles. The Morgan fingerprint density at radius 2 is 1.88 bits per heavy atom. The Morgan fingerprint density at radius 1 is 1.18 bits per heavy atom. The summed E-state index contributed by atoms with van der Waals surface area (Å²) in [7, 11) is 0. The van der Waals surface area contributed by atoms with Crippen molar-refractivity contribution in [1.82, 2.24) is 4.98 Å². The van der Waals surface area contributed by atoms with Crippen molar-refractivity contribution in [3.8, 4) is 11.3 Å². The fraction of sp³-hybridized carbons (Fsp3) is 0.143. The second-order valence-corrected chi connectivity index (χ2v) is 3.96. The van der Waals surface area contributed by atoms with Crippen LogP contribution in [-0.2, 0) is 4.79 Å². The highest BCUT2D eigenvalue weighted by atomic mass is 16.1. The van der Waals surface area contributed by atoms with Crippen molar-refractivity contribution in [3.63, 3.8) is 0 Å². The minimum absolute atomic E-state index is 0.257. The first-order valence-corrected chi connectivity index (χ1v) is 5.49. The monoisotopic (exact) mass is 226 g/mol. The molecular formula is C14H14N2O. The van der Waals surface area contributed by atoms with Gasteiger partial charge in [-0.2, -0.15) is 0 Å². The summed E-state index contributed by atoms with van der Waals surface area (Å²) in [5, 5.41) is 0. The van der Waals surface area contributed by atoms with Gasteiger partial charge in [0, 0.05) is 11.8 Å². The van der Waals surface area contributed by atoms with Crippen LogP contribution in [0.3, 0.4) is 0 Å². The zero-order valence-electron chi connectivity index (χ0n) is 9.63. The standard InChI is InChI=1S/C14H14N2O/c1-10(14(15)17)11-5-7-12(8-6-11)13-4-2-3-9-16-13/h2-10H,1H3,(H2,15,17). The molecule has 2 rings (SSSR count). The quantitative estimate of drug-likeness (QED) is 0.873. The van der Waals surface area contributed by atoms with Gasteiger partial charge in [0.2, 0.25) is 5.91 Å². The van der Waals surface area contributed by atoms with Gasteiger partial charge in [0.25, 0.3) is 0 Å². The smallest absolute Gasteiger partial charge is 0.224 e. The van der Waals surface area contributed by atoms with Crippen molar-refractivity contribution in [2.24, 2.45) is 5.73 Å². The minimum atomic E-state index is -0.310. The van der Waals surface area contributed by atoms with Gasteiger partial charge >= 0.3 is 0 Å². The van der Waals surface area contributed by atoms with E-state index >= 15 is 0 Å². The SMILES string of the molecule is CC(C(N)=O)c1ccc(-c2ccccn2)cc1. The first-order valence-electron chi connectivity index (χ1n) is 5.49. The third-order valence-electron chi connectivity index (χ3n) is 2.80. The van der Waals surface area contributed by atoms with E-state index in [1.54, 1.807) is 13.1 Å². The largest absolute Gasteiger partial charge is 0.369 e. The number of hydrogen-bond donors (Lipinski definition) is 1. The summed E-state index contributed by atoms with van der Waals surface area (Å²) < 4.78 is 0. The number of benzene rings is 1. The topological polar surface area (TPSA) is 56.0 Å². The summed E-state index contributed by atoms with van der Waals surface area (Å²) in [6, 6.07) is 13.5. The van der Waals surface area contributed by atoms with Crippen LogP contribution in [0, 0.1) is 0 Å². The number of hydrogen-bond acceptors (Lipinski definition) is 2. The number of aromatic nitrogens is 1. The van der Waals surface area contributed by atoms with Crippen LogP contribution in [0.5, 0.6) is 0 Å². The Bertz CT molecular complexity index is 506. The summed E-state index contributed by atoms with van der Waals surface area (Å²) >= 11 is 0. The van der Waals surface area contributed by atoms with Gasteiger partial charge in [-0.05, 0) is 24.6 Å². The van der Waals surface area contributed by atoms with Gasteiger partial charge < -0.3 is 5.73 Å². The summed E-state index contributed by atoms with van der Waals surface area (Å²) in [6.45, 7) is 1.80. The highest BCUT2D eigenvalue weighted by Gasteiger charge is 2.11. The van der Waals surface area contributed by atoms with Gasteiger partial charge in [0.15, 0.2) is 0 Å². The van der Waals surface area contributed by atoms with Crippen LogP contribution in [0.1, 0.15) is 18.4 Å². The van der Waals surface area contributed by atoms with E-state index in [0.717, 1.165) is 16.8 Å². The summed E-state index contributed by atoms with van der Waals surface area (Å²) in [5.74, 6) is -0.566. The van der Waals surface area contributed by atoms with E-state index in [1.165, 1.54) is 0 Å². The molecule has 86 valence electrons. The third kappa shape index (κ3) is 2.50. The number of amides is 1. The van der Waals surface area contributed by atoms with Crippen LogP contribution in [0.2, 0.25) is 0 Å². The molecule has 0 bridgehead atoms. The zero-order chi connectivity index (χ0) is 12.3. The van der Waals surface area contributed by atoms with Crippen LogP contribution < -0.4 is 5.73 Å². The Kier molecular flexibility index (Phi) is 3.19. The minimum Gasteiger partial charge on any atom is -0.369 e. The average molecular weight is 226 g/mol. The maximum Gasteiger partial charge on any atom is 0.224 e. The van der Waals surface area contributed by atoms with Crippen LogP contribution in [0.25, 0.3) is 11.3 Å². The Hall–Kier alpha value is -2.16. The molecule has 3 nitrogen and oxygen atoms in total. The second kappa shape index (κ2) is 4.78. The van der Waals surface area contributed by atoms with Crippen molar-refractivity contribution >= 4 is 5.91 Å². The van der Waals surface area contributed by atoms with Crippen molar-refractivity contribution in [3.05, 3.63) is 54.2 Å². The highest BCUT2D eigenvalue weighted by Crippen LogP contribution is 2.20. The molecule has 17 heavy (non-hydrogen) atoms. The third-order valence-corrected chi connectivity index (χ3v) is 2.80. The fourth-order valence-electron chi connectivity index (χ4n) is 1.64. The van der Waals surface area contributed by atoms with Crippen LogP contribution in [-0.4, -0.2) is 10.9 Å². The van der Waals surface area contributed by atoms with Crippen molar-refractivity contribution in [1.29, 1.82) is 0 Å². The van der Waals surface area contributed by atoms with E-state index in [2.05, 4.69) is 4.98 Å². The second-order valence-electron chi connectivity index (χ2n) is 3.96. The number of carbonyl (C=O) groups excluding carboxylic acids is 1. The van der Waals surface area contributed by atoms with E-state index in [0.29, 0.717) is 0 Å². The molecule has 1 aromatic carbocycles. The lowest BCUT2D eigenvalue weighted by molar-refractivity contribution is -0.119. The van der Waals surface area contributed by atoms with Crippen LogP contribution >= 0.6 is 0 Å². The molecule has 1 amide bonds. The van der Waals surface area contributed by atoms with E-state index < -0.39 is 0 Å². The van der Waals surface area contributed by atoms with Gasteiger partial charge in [-0.15, -0.1) is 0 Å². The lowest BCUT2D eigenvalue weighted by Gasteiger charge is -2.08. The molecule has 0 spiro atoms. The van der Waals surface area contributed by atoms with E-state index in [1.807, 2.05) is 42.5 Å². The number of pyridine rings is 1. The maximum atomic E-state index is 11.1. The first-order chi connectivity index (χ1) is 8.18. The molecule has 0 aliphatic carbocycles. The van der Waals surface area contributed by atoms with Gasteiger partial charge in [0.05, 0.1) is 11.6 Å². The van der Waals surface area contributed by atoms with E-state index in [9.17, 15) is 4.79 Å². The maximum absolute atomic E-state index is 11.1. The molecule has 0 saturated heterocycles. The average Bonchev–Trinajstić information content (AvgIpc) is 2.39. The number of nitrogens with zero attached hydrogens (tertiary/aromatic N) is 1. The normalized spacial score (nSPS) is 12.1. The highest BCUT2D eigenvalue weighted by molar-refractivity contribution is 5.81. The molecule has 1 heterocycles. The molecule has 1 unspecified atom stereocenters. The fourth-order valence-corrected chi connectivity index (χ4v) is 1.64. The molecular weight excluding hydrogens is 212 g/mol. The molecule has 0 aliphatic rings. The van der Waals surface area contributed by atoms with Crippen LogP contribution in [0.15, 0.2) is 48.7 Å². The van der Waals surface area contributed by atoms with Gasteiger partial charge in [-0.3, -0.25) is 9.78 Å². The number of rotatable bonds is 3. The zero-order valence-corrected chi connectivity index (χ0v) is 9.63. The molecule has 1 aromatic heterocycles. The lowest BCUT2D eigenvalue weighted by atomic mass is 9.98. The van der Waals surface area contributed by atoms with Gasteiger partial charge in [0.1, 0.15) is 0 Å². The molecule has 3 heteroatoms. The van der Waals surface area contributed by atoms with Gasteiger partial charge in [-0.25, -0.2) is 0 Å². The lowest BCUT2D eigenvalue weighted by Crippen LogP contribution is -2.18. The first kappa shape index (κ1) is 11.3. The number of carbonyl (C=O) groups is 1. The van der Waals surface area contributed by atoms with E-state index in [4.69, 9.17) is 5.73 Å². The molecule has 2 N–H and O–H groups in total. The summed E-state index contributed by atoms with van der Waals surface area (Å²) in [6.07, 6.45) is 1.76. The Morgan fingerprint density at radius 3 is 2.41 bits per heavy atom. The molecule has 1 atom stereocenters. The van der Waals surface area contributed by atoms with Crippen LogP contribution in [0.4, 0.5) is 0 Å².